The summed E-state index contributed by atoms with van der Waals surface area (Å²) in [5, 5.41) is 3.51. The summed E-state index contributed by atoms with van der Waals surface area (Å²) in [5.74, 6) is 1.87. The Hall–Kier alpha value is -3.91. The summed E-state index contributed by atoms with van der Waals surface area (Å²) in [5.41, 5.74) is 6.18. The number of anilines is 3. The summed E-state index contributed by atoms with van der Waals surface area (Å²) in [4.78, 5) is 25.4. The Labute approximate surface area is 210 Å². The molecule has 1 N–H and O–H groups in total. The van der Waals surface area contributed by atoms with Crippen LogP contribution in [0.4, 0.5) is 17.2 Å². The van der Waals surface area contributed by atoms with E-state index in [1.807, 2.05) is 23.4 Å². The van der Waals surface area contributed by atoms with Crippen LogP contribution >= 0.6 is 0 Å². The zero-order valence-corrected chi connectivity index (χ0v) is 20.2. The SMILES string of the molecule is C=CC(=O)N1CCC(c2ccc(-c3ccc4c(c3)Nc3nccc(N5CCOCC5)c3CO4)cn2)C1. The van der Waals surface area contributed by atoms with Crippen LogP contribution in [0.25, 0.3) is 11.1 Å². The molecule has 1 amide bonds. The van der Waals surface area contributed by atoms with E-state index >= 15 is 0 Å². The number of ether oxygens (including phenoxy) is 2. The lowest BCUT2D eigenvalue weighted by atomic mass is 10.0. The molecule has 1 aromatic carbocycles. The fourth-order valence-electron chi connectivity index (χ4n) is 5.19. The van der Waals surface area contributed by atoms with Crippen LogP contribution in [0.2, 0.25) is 0 Å². The number of aromatic nitrogens is 2. The van der Waals surface area contributed by atoms with Gasteiger partial charge in [-0.25, -0.2) is 4.98 Å². The predicted octanol–water partition coefficient (Wildman–Crippen LogP) is 4.12. The van der Waals surface area contributed by atoms with E-state index in [-0.39, 0.29) is 11.8 Å². The number of fused-ring (bicyclic) bond motifs is 2. The van der Waals surface area contributed by atoms with Gasteiger partial charge >= 0.3 is 0 Å². The maximum absolute atomic E-state index is 11.9. The number of pyridine rings is 2. The zero-order valence-electron chi connectivity index (χ0n) is 20.2. The Morgan fingerprint density at radius 3 is 2.75 bits per heavy atom. The first-order valence-electron chi connectivity index (χ1n) is 12.4. The molecule has 2 saturated heterocycles. The van der Waals surface area contributed by atoms with Crippen LogP contribution in [0, 0.1) is 0 Å². The average Bonchev–Trinajstić information content (AvgIpc) is 3.35. The number of morpholine rings is 1. The molecule has 1 atom stereocenters. The highest BCUT2D eigenvalue weighted by Gasteiger charge is 2.27. The molecule has 8 nitrogen and oxygen atoms in total. The number of hydrogen-bond donors (Lipinski definition) is 1. The molecular formula is C28H29N5O3. The van der Waals surface area contributed by atoms with Crippen molar-refractivity contribution < 1.29 is 14.3 Å². The van der Waals surface area contributed by atoms with Crippen molar-refractivity contribution in [2.75, 3.05) is 49.6 Å². The molecule has 0 aliphatic carbocycles. The normalized spacial score (nSPS) is 18.9. The molecule has 2 fully saturated rings. The third-order valence-corrected chi connectivity index (χ3v) is 7.20. The van der Waals surface area contributed by atoms with Crippen molar-refractivity contribution in [2.24, 2.45) is 0 Å². The largest absolute Gasteiger partial charge is 0.487 e. The lowest BCUT2D eigenvalue weighted by Crippen LogP contribution is -2.37. The van der Waals surface area contributed by atoms with Gasteiger partial charge in [-0.1, -0.05) is 18.7 Å². The van der Waals surface area contributed by atoms with E-state index in [2.05, 4.69) is 52.1 Å². The van der Waals surface area contributed by atoms with Crippen LogP contribution in [0.1, 0.15) is 23.6 Å². The number of carbonyl (C=O) groups excluding carboxylic acids is 1. The van der Waals surface area contributed by atoms with E-state index in [9.17, 15) is 4.79 Å². The highest BCUT2D eigenvalue weighted by atomic mass is 16.5. The standard InChI is InChI=1S/C28H29N5O3/c1-2-27(34)33-10-8-21(17-33)23-5-3-20(16-30-23)19-4-6-26-24(15-19)31-28-22(18-36-26)25(7-9-29-28)32-11-13-35-14-12-32/h2-7,9,15-16,21H,1,8,10-14,17-18H2,(H,29,31). The number of amides is 1. The number of rotatable bonds is 4. The van der Waals surface area contributed by atoms with Crippen molar-refractivity contribution in [3.05, 3.63) is 72.7 Å². The van der Waals surface area contributed by atoms with E-state index in [1.54, 1.807) is 0 Å². The van der Waals surface area contributed by atoms with Gasteiger partial charge in [0.15, 0.2) is 0 Å². The first kappa shape index (κ1) is 22.5. The molecule has 5 heterocycles. The Kier molecular flexibility index (Phi) is 6.03. The van der Waals surface area contributed by atoms with Crippen LogP contribution < -0.4 is 15.0 Å². The molecule has 3 aromatic rings. The van der Waals surface area contributed by atoms with Crippen molar-refractivity contribution in [2.45, 2.75) is 18.9 Å². The molecule has 0 bridgehead atoms. The van der Waals surface area contributed by atoms with Gasteiger partial charge in [-0.2, -0.15) is 0 Å². The third kappa shape index (κ3) is 4.28. The van der Waals surface area contributed by atoms with Crippen molar-refractivity contribution in [1.82, 2.24) is 14.9 Å². The number of benzene rings is 1. The molecule has 184 valence electrons. The van der Waals surface area contributed by atoms with Gasteiger partial charge in [-0.3, -0.25) is 9.78 Å². The summed E-state index contributed by atoms with van der Waals surface area (Å²) in [7, 11) is 0. The summed E-state index contributed by atoms with van der Waals surface area (Å²) in [6, 6.07) is 12.4. The molecule has 3 aliphatic heterocycles. The molecule has 6 rings (SSSR count). The van der Waals surface area contributed by atoms with Crippen molar-refractivity contribution >= 4 is 23.1 Å². The molecule has 36 heavy (non-hydrogen) atoms. The Bertz CT molecular complexity index is 1290. The van der Waals surface area contributed by atoms with Gasteiger partial charge in [-0.05, 0) is 42.3 Å². The molecule has 3 aliphatic rings. The van der Waals surface area contributed by atoms with Gasteiger partial charge in [0.2, 0.25) is 5.91 Å². The summed E-state index contributed by atoms with van der Waals surface area (Å²) >= 11 is 0. The van der Waals surface area contributed by atoms with E-state index in [0.717, 1.165) is 84.6 Å². The Balaban J connectivity index is 1.22. The summed E-state index contributed by atoms with van der Waals surface area (Å²) in [6.45, 7) is 8.67. The minimum atomic E-state index is -0.0121. The minimum absolute atomic E-state index is 0.0121. The molecule has 1 unspecified atom stereocenters. The molecule has 0 radical (unpaired) electrons. The van der Waals surface area contributed by atoms with Gasteiger partial charge in [0, 0.05) is 61.4 Å². The number of carbonyl (C=O) groups is 1. The highest BCUT2D eigenvalue weighted by molar-refractivity contribution is 5.87. The van der Waals surface area contributed by atoms with Crippen LogP contribution in [0.3, 0.4) is 0 Å². The number of hydrogen-bond acceptors (Lipinski definition) is 7. The quantitative estimate of drug-likeness (QED) is 0.559. The van der Waals surface area contributed by atoms with Gasteiger partial charge in [0.25, 0.3) is 0 Å². The predicted molar refractivity (Wildman–Crippen MR) is 139 cm³/mol. The Morgan fingerprint density at radius 1 is 1.08 bits per heavy atom. The number of likely N-dealkylation sites (tertiary alicyclic amines) is 1. The second-order valence-corrected chi connectivity index (χ2v) is 9.33. The molecule has 2 aromatic heterocycles. The maximum Gasteiger partial charge on any atom is 0.245 e. The second kappa shape index (κ2) is 9.62. The third-order valence-electron chi connectivity index (χ3n) is 7.20. The van der Waals surface area contributed by atoms with E-state index in [4.69, 9.17) is 14.5 Å². The van der Waals surface area contributed by atoms with Crippen molar-refractivity contribution in [1.29, 1.82) is 0 Å². The van der Waals surface area contributed by atoms with Gasteiger partial charge in [0.05, 0.1) is 24.5 Å². The zero-order chi connectivity index (χ0) is 24.5. The molecule has 0 spiro atoms. The molecular weight excluding hydrogens is 454 g/mol. The van der Waals surface area contributed by atoms with E-state index in [1.165, 1.54) is 6.08 Å². The van der Waals surface area contributed by atoms with Crippen molar-refractivity contribution in [3.63, 3.8) is 0 Å². The monoisotopic (exact) mass is 483 g/mol. The maximum atomic E-state index is 11.9. The average molecular weight is 484 g/mol. The highest BCUT2D eigenvalue weighted by Crippen LogP contribution is 2.39. The van der Waals surface area contributed by atoms with E-state index < -0.39 is 0 Å². The van der Waals surface area contributed by atoms with Gasteiger partial charge < -0.3 is 24.6 Å². The topological polar surface area (TPSA) is 79.8 Å². The molecule has 0 saturated carbocycles. The Morgan fingerprint density at radius 2 is 1.94 bits per heavy atom. The number of nitrogens with zero attached hydrogens (tertiary/aromatic N) is 4. The number of nitrogens with one attached hydrogen (secondary N) is 1. The fourth-order valence-corrected chi connectivity index (χ4v) is 5.19. The van der Waals surface area contributed by atoms with Crippen LogP contribution in [0.15, 0.2) is 61.4 Å². The summed E-state index contributed by atoms with van der Waals surface area (Å²) < 4.78 is 11.7. The van der Waals surface area contributed by atoms with Gasteiger partial charge in [0.1, 0.15) is 18.2 Å². The van der Waals surface area contributed by atoms with Crippen LogP contribution in [-0.2, 0) is 16.1 Å². The van der Waals surface area contributed by atoms with Crippen LogP contribution in [-0.4, -0.2) is 60.2 Å². The van der Waals surface area contributed by atoms with Crippen LogP contribution in [0.5, 0.6) is 5.75 Å². The van der Waals surface area contributed by atoms with Gasteiger partial charge in [-0.15, -0.1) is 0 Å². The fraction of sp³-hybridized carbons (Fsp3) is 0.321. The first-order chi connectivity index (χ1) is 17.7. The first-order valence-corrected chi connectivity index (χ1v) is 12.4. The second-order valence-electron chi connectivity index (χ2n) is 9.33. The van der Waals surface area contributed by atoms with E-state index in [0.29, 0.717) is 13.2 Å². The summed E-state index contributed by atoms with van der Waals surface area (Å²) in [6.07, 6.45) is 6.06. The smallest absolute Gasteiger partial charge is 0.245 e. The molecule has 8 heteroatoms. The lowest BCUT2D eigenvalue weighted by molar-refractivity contribution is -0.125. The minimum Gasteiger partial charge on any atom is -0.487 e. The van der Waals surface area contributed by atoms with Crippen molar-refractivity contribution in [3.8, 4) is 16.9 Å². The lowest BCUT2D eigenvalue weighted by Gasteiger charge is -2.30.